The molecule has 146 valence electrons. The summed E-state index contributed by atoms with van der Waals surface area (Å²) >= 11 is 1.63. The number of nitrogens with one attached hydrogen (secondary N) is 1. The quantitative estimate of drug-likeness (QED) is 0.563. The van der Waals surface area contributed by atoms with Crippen molar-refractivity contribution < 1.29 is 14.3 Å². The molecule has 0 spiro atoms. The van der Waals surface area contributed by atoms with Crippen LogP contribution in [-0.2, 0) is 14.3 Å². The van der Waals surface area contributed by atoms with Gasteiger partial charge < -0.3 is 10.1 Å². The SMILES string of the molecule is C[C@@H](OC(=O)CCSc1ccccc1)C(=O)NC12CC3CC(CC(C3)C1)C2. The second-order valence-electron chi connectivity index (χ2n) is 8.73. The third kappa shape index (κ3) is 4.50. The lowest BCUT2D eigenvalue weighted by molar-refractivity contribution is -0.156. The Kier molecular flexibility index (Phi) is 5.49. The van der Waals surface area contributed by atoms with E-state index < -0.39 is 6.10 Å². The highest BCUT2D eigenvalue weighted by Crippen LogP contribution is 2.55. The van der Waals surface area contributed by atoms with Crippen molar-refractivity contribution in [2.24, 2.45) is 17.8 Å². The van der Waals surface area contributed by atoms with Crippen LogP contribution in [0.3, 0.4) is 0 Å². The van der Waals surface area contributed by atoms with Gasteiger partial charge in [-0.15, -0.1) is 11.8 Å². The summed E-state index contributed by atoms with van der Waals surface area (Å²) in [5.41, 5.74) is -0.0321. The smallest absolute Gasteiger partial charge is 0.307 e. The fourth-order valence-electron chi connectivity index (χ4n) is 5.71. The molecule has 4 bridgehead atoms. The van der Waals surface area contributed by atoms with Crippen molar-refractivity contribution >= 4 is 23.6 Å². The van der Waals surface area contributed by atoms with Gasteiger partial charge in [-0.1, -0.05) is 18.2 Å². The van der Waals surface area contributed by atoms with Crippen LogP contribution in [0.2, 0.25) is 0 Å². The second kappa shape index (κ2) is 7.86. The summed E-state index contributed by atoms with van der Waals surface area (Å²) < 4.78 is 5.40. The van der Waals surface area contributed by atoms with Gasteiger partial charge in [0.25, 0.3) is 5.91 Å². The Bertz CT molecular complexity index is 655. The molecule has 1 atom stereocenters. The molecule has 4 aliphatic rings. The Balaban J connectivity index is 1.23. The standard InChI is InChI=1S/C22H29NO3S/c1-15(26-20(24)7-8-27-19-5-3-2-4-6-19)21(25)23-22-12-16-9-17(13-22)11-18(10-16)14-22/h2-6,15-18H,7-14H2,1H3,(H,23,25)/t15-,16?,17?,18?,22?/m1/s1. The van der Waals surface area contributed by atoms with Gasteiger partial charge >= 0.3 is 5.97 Å². The Morgan fingerprint density at radius 2 is 1.70 bits per heavy atom. The van der Waals surface area contributed by atoms with E-state index in [1.54, 1.807) is 18.7 Å². The average molecular weight is 388 g/mol. The number of hydrogen-bond donors (Lipinski definition) is 1. The van der Waals surface area contributed by atoms with Crippen molar-refractivity contribution in [1.29, 1.82) is 0 Å². The van der Waals surface area contributed by atoms with Gasteiger partial charge in [0.05, 0.1) is 6.42 Å². The fraction of sp³-hybridized carbons (Fsp3) is 0.636. The Labute approximate surface area is 165 Å². The van der Waals surface area contributed by atoms with E-state index in [9.17, 15) is 9.59 Å². The van der Waals surface area contributed by atoms with Gasteiger partial charge in [-0.2, -0.15) is 0 Å². The maximum absolute atomic E-state index is 12.7. The zero-order valence-electron chi connectivity index (χ0n) is 16.0. The van der Waals surface area contributed by atoms with Crippen molar-refractivity contribution in [3.8, 4) is 0 Å². The van der Waals surface area contributed by atoms with Crippen LogP contribution in [0.25, 0.3) is 0 Å². The number of rotatable bonds is 7. The molecule has 4 fully saturated rings. The fourth-order valence-corrected chi connectivity index (χ4v) is 6.56. The highest BCUT2D eigenvalue weighted by molar-refractivity contribution is 7.99. The number of carbonyl (C=O) groups excluding carboxylic acids is 2. The average Bonchev–Trinajstić information content (AvgIpc) is 2.61. The van der Waals surface area contributed by atoms with Crippen LogP contribution in [0.5, 0.6) is 0 Å². The van der Waals surface area contributed by atoms with Gasteiger partial charge in [0.2, 0.25) is 0 Å². The Morgan fingerprint density at radius 3 is 2.30 bits per heavy atom. The van der Waals surface area contributed by atoms with Crippen LogP contribution in [-0.4, -0.2) is 29.3 Å². The molecule has 0 radical (unpaired) electrons. The van der Waals surface area contributed by atoms with Crippen LogP contribution >= 0.6 is 11.8 Å². The van der Waals surface area contributed by atoms with Gasteiger partial charge in [-0.05, 0) is 75.3 Å². The van der Waals surface area contributed by atoms with Crippen molar-refractivity contribution in [2.75, 3.05) is 5.75 Å². The highest BCUT2D eigenvalue weighted by atomic mass is 32.2. The molecule has 0 aromatic heterocycles. The lowest BCUT2D eigenvalue weighted by Crippen LogP contribution is -2.61. The van der Waals surface area contributed by atoms with E-state index in [0.29, 0.717) is 12.2 Å². The van der Waals surface area contributed by atoms with Gasteiger partial charge in [0.1, 0.15) is 0 Å². The molecule has 1 aromatic rings. The molecule has 1 amide bonds. The zero-order chi connectivity index (χ0) is 18.9. The van der Waals surface area contributed by atoms with Crippen molar-refractivity contribution in [3.05, 3.63) is 30.3 Å². The predicted octanol–water partition coefficient (Wildman–Crippen LogP) is 4.19. The van der Waals surface area contributed by atoms with E-state index in [1.807, 2.05) is 30.3 Å². The van der Waals surface area contributed by atoms with E-state index in [0.717, 1.165) is 41.9 Å². The molecule has 1 aromatic carbocycles. The van der Waals surface area contributed by atoms with Gasteiger partial charge in [-0.3, -0.25) is 9.59 Å². The van der Waals surface area contributed by atoms with E-state index in [1.165, 1.54) is 19.3 Å². The first-order valence-corrected chi connectivity index (χ1v) is 11.2. The van der Waals surface area contributed by atoms with E-state index in [-0.39, 0.29) is 17.4 Å². The first-order chi connectivity index (χ1) is 13.0. The summed E-state index contributed by atoms with van der Waals surface area (Å²) in [6, 6.07) is 9.99. The van der Waals surface area contributed by atoms with Gasteiger partial charge in [-0.25, -0.2) is 0 Å². The maximum Gasteiger partial charge on any atom is 0.307 e. The highest BCUT2D eigenvalue weighted by Gasteiger charge is 2.51. The molecule has 0 heterocycles. The third-order valence-electron chi connectivity index (χ3n) is 6.42. The van der Waals surface area contributed by atoms with Crippen LogP contribution in [0.1, 0.15) is 51.9 Å². The minimum absolute atomic E-state index is 0.0321. The lowest BCUT2D eigenvalue weighted by Gasteiger charge is -2.57. The Morgan fingerprint density at radius 1 is 1.11 bits per heavy atom. The van der Waals surface area contributed by atoms with Gasteiger partial charge in [0.15, 0.2) is 6.10 Å². The minimum atomic E-state index is -0.716. The summed E-state index contributed by atoms with van der Waals surface area (Å²) in [7, 11) is 0. The Hall–Kier alpha value is -1.49. The molecule has 4 aliphatic carbocycles. The molecule has 27 heavy (non-hydrogen) atoms. The molecule has 1 N–H and O–H groups in total. The van der Waals surface area contributed by atoms with Crippen LogP contribution in [0.4, 0.5) is 0 Å². The molecule has 4 nitrogen and oxygen atoms in total. The molecule has 5 heteroatoms. The maximum atomic E-state index is 12.7. The number of ether oxygens (including phenoxy) is 1. The van der Waals surface area contributed by atoms with Crippen LogP contribution in [0.15, 0.2) is 35.2 Å². The molecule has 5 rings (SSSR count). The van der Waals surface area contributed by atoms with Crippen molar-refractivity contribution in [3.63, 3.8) is 0 Å². The number of thioether (sulfide) groups is 1. The summed E-state index contributed by atoms with van der Waals surface area (Å²) in [4.78, 5) is 25.9. The number of esters is 1. The second-order valence-corrected chi connectivity index (χ2v) is 9.90. The van der Waals surface area contributed by atoms with Crippen LogP contribution in [0, 0.1) is 17.8 Å². The number of benzene rings is 1. The predicted molar refractivity (Wildman–Crippen MR) is 106 cm³/mol. The van der Waals surface area contributed by atoms with Crippen molar-refractivity contribution in [1.82, 2.24) is 5.32 Å². The zero-order valence-corrected chi connectivity index (χ0v) is 16.8. The third-order valence-corrected chi connectivity index (χ3v) is 7.44. The summed E-state index contributed by atoms with van der Waals surface area (Å²) in [5.74, 6) is 2.58. The largest absolute Gasteiger partial charge is 0.453 e. The number of hydrogen-bond acceptors (Lipinski definition) is 4. The summed E-state index contributed by atoms with van der Waals surface area (Å²) in [5, 5.41) is 3.29. The van der Waals surface area contributed by atoms with Gasteiger partial charge in [0, 0.05) is 16.2 Å². The number of amides is 1. The topological polar surface area (TPSA) is 55.4 Å². The van der Waals surface area contributed by atoms with Crippen LogP contribution < -0.4 is 5.32 Å². The molecular formula is C22H29NO3S. The van der Waals surface area contributed by atoms with E-state index >= 15 is 0 Å². The van der Waals surface area contributed by atoms with E-state index in [4.69, 9.17) is 4.74 Å². The first-order valence-electron chi connectivity index (χ1n) is 10.2. The molecule has 4 saturated carbocycles. The minimum Gasteiger partial charge on any atom is -0.453 e. The summed E-state index contributed by atoms with van der Waals surface area (Å²) in [6.07, 6.45) is 6.97. The monoisotopic (exact) mass is 387 g/mol. The molecule has 0 aliphatic heterocycles. The molecule has 0 unspecified atom stereocenters. The molecule has 0 saturated heterocycles. The molecular weight excluding hydrogens is 358 g/mol. The van der Waals surface area contributed by atoms with E-state index in [2.05, 4.69) is 5.32 Å². The first kappa shape index (κ1) is 18.9. The lowest BCUT2D eigenvalue weighted by atomic mass is 9.53. The summed E-state index contributed by atoms with van der Waals surface area (Å²) in [6.45, 7) is 1.69. The number of carbonyl (C=O) groups is 2. The normalized spacial score (nSPS) is 32.1. The van der Waals surface area contributed by atoms with Crippen molar-refractivity contribution in [2.45, 2.75) is 68.4 Å².